The van der Waals surface area contributed by atoms with Crippen LogP contribution in [0.1, 0.15) is 6.92 Å². The number of benzene rings is 2. The van der Waals surface area contributed by atoms with Crippen molar-refractivity contribution in [1.29, 1.82) is 0 Å². The van der Waals surface area contributed by atoms with E-state index in [-0.39, 0.29) is 18.4 Å². The van der Waals surface area contributed by atoms with Crippen LogP contribution in [0.3, 0.4) is 0 Å². The molecule has 0 saturated carbocycles. The molecule has 0 bridgehead atoms. The van der Waals surface area contributed by atoms with Crippen LogP contribution in [-0.4, -0.2) is 36.5 Å². The van der Waals surface area contributed by atoms with Gasteiger partial charge in [0.15, 0.2) is 6.10 Å². The Balaban J connectivity index is 1.71. The second kappa shape index (κ2) is 7.44. The van der Waals surface area contributed by atoms with Gasteiger partial charge < -0.3 is 10.1 Å². The number of likely N-dealkylation sites (N-methyl/N-ethyl adjacent to an activating group) is 1. The molecule has 2 heterocycles. The van der Waals surface area contributed by atoms with E-state index >= 15 is 0 Å². The van der Waals surface area contributed by atoms with Crippen molar-refractivity contribution in [3.05, 3.63) is 53.9 Å². The number of nitrogens with zero attached hydrogens (tertiary/aromatic N) is 2. The predicted octanol–water partition coefficient (Wildman–Crippen LogP) is 3.34. The lowest BCUT2D eigenvalue weighted by Gasteiger charge is -2.32. The number of rotatable bonds is 4. The van der Waals surface area contributed by atoms with Crippen molar-refractivity contribution in [2.45, 2.75) is 13.0 Å². The molecule has 4 rings (SSSR count). The van der Waals surface area contributed by atoms with Crippen LogP contribution < -0.4 is 15.0 Å². The number of ether oxygens (including phenoxy) is 1. The van der Waals surface area contributed by atoms with Gasteiger partial charge in [0.1, 0.15) is 17.3 Å². The predicted molar refractivity (Wildman–Crippen MR) is 109 cm³/mol. The molecule has 7 heteroatoms. The summed E-state index contributed by atoms with van der Waals surface area (Å²) in [6, 6.07) is 15.6. The molecule has 0 aliphatic carbocycles. The highest BCUT2D eigenvalue weighted by Gasteiger charge is 2.33. The van der Waals surface area contributed by atoms with E-state index in [1.54, 1.807) is 25.3 Å². The molecular weight excluding hydrogens is 374 g/mol. The summed E-state index contributed by atoms with van der Waals surface area (Å²) in [5, 5.41) is 5.48. The number of amides is 2. The Hall–Kier alpha value is -3.19. The Morgan fingerprint density at radius 1 is 1.21 bits per heavy atom. The van der Waals surface area contributed by atoms with Gasteiger partial charge in [-0.15, -0.1) is 11.3 Å². The molecule has 2 amide bonds. The van der Waals surface area contributed by atoms with Crippen LogP contribution in [-0.2, 0) is 9.59 Å². The van der Waals surface area contributed by atoms with E-state index < -0.39 is 6.10 Å². The summed E-state index contributed by atoms with van der Waals surface area (Å²) in [6.45, 7) is 1.63. The molecule has 0 fully saturated rings. The number of hydrogen-bond acceptors (Lipinski definition) is 5. The zero-order valence-corrected chi connectivity index (χ0v) is 16.3. The standard InChI is InChI=1S/C21H19N3O3S/c1-13-21(26)24(11-19(25)22-2)17-10-15(8-9-18(17)27-13)16-12-28-20(23-16)14-6-4-3-5-7-14/h3-10,12-13H,11H2,1-2H3,(H,22,25). The number of hydrogen-bond donors (Lipinski definition) is 1. The largest absolute Gasteiger partial charge is 0.479 e. The van der Waals surface area contributed by atoms with Gasteiger partial charge in [0.25, 0.3) is 5.91 Å². The van der Waals surface area contributed by atoms with Crippen molar-refractivity contribution in [3.8, 4) is 27.6 Å². The minimum atomic E-state index is -0.632. The van der Waals surface area contributed by atoms with Gasteiger partial charge in [0.2, 0.25) is 5.91 Å². The molecule has 0 spiro atoms. The lowest BCUT2D eigenvalue weighted by molar-refractivity contribution is -0.128. The number of nitrogens with one attached hydrogen (secondary N) is 1. The van der Waals surface area contributed by atoms with Crippen LogP contribution in [0.2, 0.25) is 0 Å². The van der Waals surface area contributed by atoms with Gasteiger partial charge in [-0.05, 0) is 25.1 Å². The van der Waals surface area contributed by atoms with Crippen molar-refractivity contribution < 1.29 is 14.3 Å². The molecular formula is C21H19N3O3S. The van der Waals surface area contributed by atoms with Crippen molar-refractivity contribution in [1.82, 2.24) is 10.3 Å². The molecule has 142 valence electrons. The molecule has 1 N–H and O–H groups in total. The number of carbonyl (C=O) groups excluding carboxylic acids is 2. The zero-order valence-electron chi connectivity index (χ0n) is 15.5. The smallest absolute Gasteiger partial charge is 0.268 e. The number of thiazole rings is 1. The quantitative estimate of drug-likeness (QED) is 0.738. The van der Waals surface area contributed by atoms with Crippen molar-refractivity contribution in [2.75, 3.05) is 18.5 Å². The van der Waals surface area contributed by atoms with Crippen molar-refractivity contribution >= 4 is 28.8 Å². The molecule has 1 aromatic heterocycles. The van der Waals surface area contributed by atoms with Gasteiger partial charge in [-0.3, -0.25) is 14.5 Å². The first kappa shape index (κ1) is 18.2. The Labute approximate surface area is 166 Å². The number of aromatic nitrogens is 1. The topological polar surface area (TPSA) is 71.5 Å². The number of carbonyl (C=O) groups is 2. The van der Waals surface area contributed by atoms with Crippen LogP contribution in [0.15, 0.2) is 53.9 Å². The fraction of sp³-hybridized carbons (Fsp3) is 0.190. The first-order valence-electron chi connectivity index (χ1n) is 8.91. The molecule has 1 unspecified atom stereocenters. The van der Waals surface area contributed by atoms with Crippen LogP contribution in [0.4, 0.5) is 5.69 Å². The molecule has 0 saturated heterocycles. The Bertz CT molecular complexity index is 1030. The van der Waals surface area contributed by atoms with E-state index in [0.29, 0.717) is 11.4 Å². The lowest BCUT2D eigenvalue weighted by Crippen LogP contribution is -2.48. The van der Waals surface area contributed by atoms with Crippen LogP contribution in [0, 0.1) is 0 Å². The third kappa shape index (κ3) is 3.36. The maximum absolute atomic E-state index is 12.6. The first-order valence-corrected chi connectivity index (χ1v) is 9.79. The highest BCUT2D eigenvalue weighted by molar-refractivity contribution is 7.13. The van der Waals surface area contributed by atoms with Gasteiger partial charge in [0, 0.05) is 23.6 Å². The summed E-state index contributed by atoms with van der Waals surface area (Å²) in [4.78, 5) is 30.7. The molecule has 1 aliphatic rings. The minimum Gasteiger partial charge on any atom is -0.479 e. The maximum atomic E-state index is 12.6. The fourth-order valence-electron chi connectivity index (χ4n) is 3.07. The Morgan fingerprint density at radius 3 is 2.75 bits per heavy atom. The molecule has 1 aliphatic heterocycles. The Morgan fingerprint density at radius 2 is 2.00 bits per heavy atom. The van der Waals surface area contributed by atoms with E-state index in [2.05, 4.69) is 5.32 Å². The van der Waals surface area contributed by atoms with E-state index in [4.69, 9.17) is 9.72 Å². The summed E-state index contributed by atoms with van der Waals surface area (Å²) >= 11 is 1.56. The number of anilines is 1. The van der Waals surface area contributed by atoms with Gasteiger partial charge >= 0.3 is 0 Å². The van der Waals surface area contributed by atoms with Crippen LogP contribution in [0.25, 0.3) is 21.8 Å². The molecule has 1 atom stereocenters. The first-order chi connectivity index (χ1) is 13.6. The lowest BCUT2D eigenvalue weighted by atomic mass is 10.1. The molecule has 28 heavy (non-hydrogen) atoms. The summed E-state index contributed by atoms with van der Waals surface area (Å²) in [7, 11) is 1.55. The maximum Gasteiger partial charge on any atom is 0.268 e. The Kier molecular flexibility index (Phi) is 4.83. The fourth-order valence-corrected chi connectivity index (χ4v) is 3.91. The highest BCUT2D eigenvalue weighted by Crippen LogP contribution is 2.38. The minimum absolute atomic E-state index is 0.0498. The molecule has 6 nitrogen and oxygen atoms in total. The average molecular weight is 393 g/mol. The third-order valence-electron chi connectivity index (χ3n) is 4.57. The van der Waals surface area contributed by atoms with Crippen LogP contribution in [0.5, 0.6) is 5.75 Å². The van der Waals surface area contributed by atoms with Gasteiger partial charge in [0.05, 0.1) is 11.4 Å². The normalized spacial score (nSPS) is 15.7. The van der Waals surface area contributed by atoms with Crippen LogP contribution >= 0.6 is 11.3 Å². The highest BCUT2D eigenvalue weighted by atomic mass is 32.1. The van der Waals surface area contributed by atoms with Gasteiger partial charge in [-0.1, -0.05) is 30.3 Å². The summed E-state index contributed by atoms with van der Waals surface area (Å²) < 4.78 is 5.71. The molecule has 0 radical (unpaired) electrons. The molecule has 2 aromatic carbocycles. The van der Waals surface area contributed by atoms with Crippen molar-refractivity contribution in [3.63, 3.8) is 0 Å². The monoisotopic (exact) mass is 393 g/mol. The van der Waals surface area contributed by atoms with E-state index in [1.807, 2.05) is 53.9 Å². The number of fused-ring (bicyclic) bond motifs is 1. The second-order valence-electron chi connectivity index (χ2n) is 6.44. The zero-order chi connectivity index (χ0) is 19.7. The van der Waals surface area contributed by atoms with E-state index in [9.17, 15) is 9.59 Å². The third-order valence-corrected chi connectivity index (χ3v) is 5.46. The van der Waals surface area contributed by atoms with Gasteiger partial charge in [-0.2, -0.15) is 0 Å². The molecule has 3 aromatic rings. The summed E-state index contributed by atoms with van der Waals surface area (Å²) in [5.41, 5.74) is 3.33. The summed E-state index contributed by atoms with van der Waals surface area (Å²) in [5.74, 6) is 0.105. The average Bonchev–Trinajstić information content (AvgIpc) is 3.22. The second-order valence-corrected chi connectivity index (χ2v) is 7.30. The van der Waals surface area contributed by atoms with E-state index in [1.165, 1.54) is 4.90 Å². The SMILES string of the molecule is CNC(=O)CN1C(=O)C(C)Oc2ccc(-c3csc(-c4ccccc4)n3)cc21. The van der Waals surface area contributed by atoms with Crippen molar-refractivity contribution in [2.24, 2.45) is 0 Å². The van der Waals surface area contributed by atoms with E-state index in [0.717, 1.165) is 21.8 Å². The summed E-state index contributed by atoms with van der Waals surface area (Å²) in [6.07, 6.45) is -0.632. The van der Waals surface area contributed by atoms with Gasteiger partial charge in [-0.25, -0.2) is 4.98 Å².